The van der Waals surface area contributed by atoms with Crippen molar-refractivity contribution in [1.29, 1.82) is 0 Å². The number of rotatable bonds is 4. The van der Waals surface area contributed by atoms with Crippen molar-refractivity contribution in [3.63, 3.8) is 0 Å². The van der Waals surface area contributed by atoms with Crippen LogP contribution in [0, 0.1) is 0 Å². The van der Waals surface area contributed by atoms with Gasteiger partial charge in [0.2, 0.25) is 10.0 Å². The molecule has 1 heterocycles. The molecule has 0 unspecified atom stereocenters. The molecule has 1 amide bonds. The first-order chi connectivity index (χ1) is 12.4. The maximum absolute atomic E-state index is 12.7. The fourth-order valence-corrected chi connectivity index (χ4v) is 4.31. The number of para-hydroxylation sites is 1. The Kier molecular flexibility index (Phi) is 5.15. The van der Waals surface area contributed by atoms with E-state index in [0.29, 0.717) is 30.1 Å². The van der Waals surface area contributed by atoms with Crippen LogP contribution in [0.2, 0.25) is 0 Å². The zero-order chi connectivity index (χ0) is 18.7. The van der Waals surface area contributed by atoms with Crippen LogP contribution in [-0.2, 0) is 10.0 Å². The number of methoxy groups -OCH3 is 1. The Morgan fingerprint density at radius 1 is 1.00 bits per heavy atom. The first-order valence-electron chi connectivity index (χ1n) is 8.21. The quantitative estimate of drug-likeness (QED) is 0.816. The van der Waals surface area contributed by atoms with Gasteiger partial charge in [0, 0.05) is 31.9 Å². The van der Waals surface area contributed by atoms with Crippen LogP contribution in [0.15, 0.2) is 53.4 Å². The van der Waals surface area contributed by atoms with Crippen LogP contribution < -0.4 is 10.5 Å². The lowest BCUT2D eigenvalue weighted by atomic mass is 10.1. The molecule has 8 heteroatoms. The van der Waals surface area contributed by atoms with Crippen molar-refractivity contribution in [1.82, 2.24) is 9.21 Å². The molecule has 0 atom stereocenters. The van der Waals surface area contributed by atoms with Gasteiger partial charge in [-0.1, -0.05) is 12.1 Å². The Balaban J connectivity index is 1.69. The molecule has 3 rings (SSSR count). The maximum Gasteiger partial charge on any atom is 0.256 e. The first kappa shape index (κ1) is 18.2. The highest BCUT2D eigenvalue weighted by atomic mass is 32.2. The number of piperazine rings is 1. The lowest BCUT2D eigenvalue weighted by Crippen LogP contribution is -2.50. The number of carbonyl (C=O) groups is 1. The standard InChI is InChI=1S/C18H21N3O4S/c1-25-14-6-8-15(9-7-14)26(23,24)21-12-10-20(11-13-21)18(22)16-4-2-3-5-17(16)19/h2-9H,10-13,19H2,1H3. The van der Waals surface area contributed by atoms with Crippen LogP contribution in [-0.4, -0.2) is 56.8 Å². The summed E-state index contributed by atoms with van der Waals surface area (Å²) < 4.78 is 32.0. The molecule has 138 valence electrons. The lowest BCUT2D eigenvalue weighted by molar-refractivity contribution is 0.0699. The molecule has 2 aromatic carbocycles. The van der Waals surface area contributed by atoms with Crippen LogP contribution in [0.25, 0.3) is 0 Å². The Labute approximate surface area is 153 Å². The van der Waals surface area contributed by atoms with Crippen molar-refractivity contribution in [2.45, 2.75) is 4.90 Å². The summed E-state index contributed by atoms with van der Waals surface area (Å²) in [6.07, 6.45) is 0. The first-order valence-corrected chi connectivity index (χ1v) is 9.65. The van der Waals surface area contributed by atoms with E-state index in [0.717, 1.165) is 0 Å². The number of ether oxygens (including phenoxy) is 1. The van der Waals surface area contributed by atoms with Gasteiger partial charge in [0.15, 0.2) is 0 Å². The molecule has 0 saturated carbocycles. The number of anilines is 1. The minimum atomic E-state index is -3.59. The van der Waals surface area contributed by atoms with E-state index in [1.165, 1.54) is 23.5 Å². The summed E-state index contributed by atoms with van der Waals surface area (Å²) in [6.45, 7) is 1.13. The Morgan fingerprint density at radius 2 is 1.62 bits per heavy atom. The van der Waals surface area contributed by atoms with E-state index in [-0.39, 0.29) is 23.9 Å². The fourth-order valence-electron chi connectivity index (χ4n) is 2.89. The highest BCUT2D eigenvalue weighted by Crippen LogP contribution is 2.22. The lowest BCUT2D eigenvalue weighted by Gasteiger charge is -2.34. The van der Waals surface area contributed by atoms with Gasteiger partial charge in [-0.15, -0.1) is 0 Å². The molecule has 1 aliphatic heterocycles. The molecular formula is C18H21N3O4S. The van der Waals surface area contributed by atoms with E-state index in [1.54, 1.807) is 41.3 Å². The fraction of sp³-hybridized carbons (Fsp3) is 0.278. The van der Waals surface area contributed by atoms with E-state index in [9.17, 15) is 13.2 Å². The number of sulfonamides is 1. The second-order valence-corrected chi connectivity index (χ2v) is 7.90. The van der Waals surface area contributed by atoms with Crippen molar-refractivity contribution in [3.05, 3.63) is 54.1 Å². The second-order valence-electron chi connectivity index (χ2n) is 5.96. The molecule has 0 bridgehead atoms. The number of carbonyl (C=O) groups excluding carboxylic acids is 1. The molecule has 0 aromatic heterocycles. The predicted molar refractivity (Wildman–Crippen MR) is 98.5 cm³/mol. The van der Waals surface area contributed by atoms with Gasteiger partial charge >= 0.3 is 0 Å². The maximum atomic E-state index is 12.7. The van der Waals surface area contributed by atoms with Crippen molar-refractivity contribution < 1.29 is 17.9 Å². The SMILES string of the molecule is COc1ccc(S(=O)(=O)N2CCN(C(=O)c3ccccc3N)CC2)cc1. The topological polar surface area (TPSA) is 92.9 Å². The summed E-state index contributed by atoms with van der Waals surface area (Å²) in [6, 6.07) is 13.2. The van der Waals surface area contributed by atoms with Gasteiger partial charge in [-0.05, 0) is 36.4 Å². The molecule has 26 heavy (non-hydrogen) atoms. The average molecular weight is 375 g/mol. The molecule has 7 nitrogen and oxygen atoms in total. The highest BCUT2D eigenvalue weighted by molar-refractivity contribution is 7.89. The summed E-state index contributed by atoms with van der Waals surface area (Å²) in [5, 5.41) is 0. The summed E-state index contributed by atoms with van der Waals surface area (Å²) >= 11 is 0. The zero-order valence-electron chi connectivity index (χ0n) is 14.5. The molecule has 1 fully saturated rings. The average Bonchev–Trinajstić information content (AvgIpc) is 2.68. The number of hydrogen-bond donors (Lipinski definition) is 1. The number of nitrogen functional groups attached to an aromatic ring is 1. The monoisotopic (exact) mass is 375 g/mol. The van der Waals surface area contributed by atoms with Crippen LogP contribution in [0.3, 0.4) is 0 Å². The second kappa shape index (κ2) is 7.35. The molecule has 2 aromatic rings. The smallest absolute Gasteiger partial charge is 0.256 e. The summed E-state index contributed by atoms with van der Waals surface area (Å²) in [5.41, 5.74) is 6.73. The minimum Gasteiger partial charge on any atom is -0.497 e. The molecule has 2 N–H and O–H groups in total. The number of nitrogens with two attached hydrogens (primary N) is 1. The Morgan fingerprint density at radius 3 is 2.19 bits per heavy atom. The van der Waals surface area contributed by atoms with E-state index in [2.05, 4.69) is 0 Å². The molecule has 0 spiro atoms. The van der Waals surface area contributed by atoms with Crippen LogP contribution >= 0.6 is 0 Å². The van der Waals surface area contributed by atoms with E-state index < -0.39 is 10.0 Å². The Bertz CT molecular complexity index is 889. The summed E-state index contributed by atoms with van der Waals surface area (Å²) in [4.78, 5) is 14.4. The van der Waals surface area contributed by atoms with Gasteiger partial charge in [0.05, 0.1) is 17.6 Å². The number of benzene rings is 2. The summed E-state index contributed by atoms with van der Waals surface area (Å²) in [7, 11) is -2.07. The van der Waals surface area contributed by atoms with Gasteiger partial charge in [0.1, 0.15) is 5.75 Å². The minimum absolute atomic E-state index is 0.176. The van der Waals surface area contributed by atoms with Crippen LogP contribution in [0.4, 0.5) is 5.69 Å². The third kappa shape index (κ3) is 3.51. The van der Waals surface area contributed by atoms with Gasteiger partial charge in [0.25, 0.3) is 5.91 Å². The summed E-state index contributed by atoms with van der Waals surface area (Å²) in [5.74, 6) is 0.421. The van der Waals surface area contributed by atoms with Crippen molar-refractivity contribution in [2.75, 3.05) is 39.0 Å². The third-order valence-corrected chi connectivity index (χ3v) is 6.33. The highest BCUT2D eigenvalue weighted by Gasteiger charge is 2.30. The number of hydrogen-bond acceptors (Lipinski definition) is 5. The predicted octanol–water partition coefficient (Wildman–Crippen LogP) is 1.42. The molecule has 0 aliphatic carbocycles. The van der Waals surface area contributed by atoms with E-state index >= 15 is 0 Å². The van der Waals surface area contributed by atoms with Crippen LogP contribution in [0.1, 0.15) is 10.4 Å². The van der Waals surface area contributed by atoms with Crippen molar-refractivity contribution in [2.24, 2.45) is 0 Å². The van der Waals surface area contributed by atoms with Gasteiger partial charge in [-0.2, -0.15) is 4.31 Å². The Hall–Kier alpha value is -2.58. The molecule has 0 radical (unpaired) electrons. The third-order valence-electron chi connectivity index (χ3n) is 4.41. The van der Waals surface area contributed by atoms with E-state index in [4.69, 9.17) is 10.5 Å². The number of nitrogens with zero attached hydrogens (tertiary/aromatic N) is 2. The van der Waals surface area contributed by atoms with Gasteiger partial charge in [-0.3, -0.25) is 4.79 Å². The molecule has 1 aliphatic rings. The number of amides is 1. The van der Waals surface area contributed by atoms with Crippen LogP contribution in [0.5, 0.6) is 5.75 Å². The van der Waals surface area contributed by atoms with Crippen molar-refractivity contribution >= 4 is 21.6 Å². The largest absolute Gasteiger partial charge is 0.497 e. The van der Waals surface area contributed by atoms with Gasteiger partial charge in [-0.25, -0.2) is 8.42 Å². The normalized spacial score (nSPS) is 15.7. The molecule has 1 saturated heterocycles. The van der Waals surface area contributed by atoms with E-state index in [1.807, 2.05) is 0 Å². The van der Waals surface area contributed by atoms with Crippen molar-refractivity contribution in [3.8, 4) is 5.75 Å². The molecular weight excluding hydrogens is 354 g/mol. The van der Waals surface area contributed by atoms with Gasteiger partial charge < -0.3 is 15.4 Å². The zero-order valence-corrected chi connectivity index (χ0v) is 15.3.